The molecule has 1 spiro atoms. The van der Waals surface area contributed by atoms with Gasteiger partial charge in [-0.15, -0.1) is 18.2 Å². The molecule has 1 aliphatic carbocycles. The zero-order valence-electron chi connectivity index (χ0n) is 10.5. The van der Waals surface area contributed by atoms with Gasteiger partial charge < -0.3 is 10.1 Å². The van der Waals surface area contributed by atoms with E-state index in [2.05, 4.69) is 11.2 Å². The van der Waals surface area contributed by atoms with Crippen molar-refractivity contribution in [3.8, 4) is 12.3 Å². The molecule has 0 aromatic rings. The van der Waals surface area contributed by atoms with E-state index in [0.717, 1.165) is 24.7 Å². The van der Waals surface area contributed by atoms with Crippen molar-refractivity contribution in [2.24, 2.45) is 0 Å². The minimum absolute atomic E-state index is 0.238. The van der Waals surface area contributed by atoms with Crippen molar-refractivity contribution in [1.29, 1.82) is 0 Å². The summed E-state index contributed by atoms with van der Waals surface area (Å²) in [4.78, 5) is 0. The summed E-state index contributed by atoms with van der Waals surface area (Å²) in [5.41, 5.74) is 0.238. The third-order valence-electron chi connectivity index (χ3n) is 3.87. The van der Waals surface area contributed by atoms with E-state index in [0.29, 0.717) is 6.04 Å². The molecule has 3 heteroatoms. The molecule has 96 valence electrons. The first-order chi connectivity index (χ1) is 8.35. The van der Waals surface area contributed by atoms with Crippen LogP contribution in [-0.4, -0.2) is 36.3 Å². The molecule has 1 aliphatic heterocycles. The van der Waals surface area contributed by atoms with Crippen molar-refractivity contribution in [2.45, 2.75) is 50.2 Å². The fraction of sp³-hybridized carbons (Fsp3) is 0.857. The van der Waals surface area contributed by atoms with Gasteiger partial charge in [-0.25, -0.2) is 0 Å². The van der Waals surface area contributed by atoms with Gasteiger partial charge in [-0.3, -0.25) is 0 Å². The maximum Gasteiger partial charge on any atom is 0.0697 e. The van der Waals surface area contributed by atoms with Crippen LogP contribution in [-0.2, 0) is 4.74 Å². The van der Waals surface area contributed by atoms with Crippen LogP contribution in [0.15, 0.2) is 0 Å². The van der Waals surface area contributed by atoms with Gasteiger partial charge in [0.1, 0.15) is 0 Å². The van der Waals surface area contributed by atoms with Gasteiger partial charge in [-0.05, 0) is 25.7 Å². The smallest absolute Gasteiger partial charge is 0.0697 e. The molecule has 0 aromatic heterocycles. The zero-order valence-corrected chi connectivity index (χ0v) is 11.4. The van der Waals surface area contributed by atoms with Gasteiger partial charge in [0.25, 0.3) is 0 Å². The lowest BCUT2D eigenvalue weighted by Crippen LogP contribution is -2.46. The summed E-state index contributed by atoms with van der Waals surface area (Å²) in [5.74, 6) is 4.61. The highest BCUT2D eigenvalue weighted by Crippen LogP contribution is 2.39. The molecule has 2 fully saturated rings. The highest BCUT2D eigenvalue weighted by Gasteiger charge is 2.39. The first kappa shape index (κ1) is 13.3. The predicted octanol–water partition coefficient (Wildman–Crippen LogP) is 2.43. The van der Waals surface area contributed by atoms with Crippen molar-refractivity contribution in [3.05, 3.63) is 0 Å². The van der Waals surface area contributed by atoms with Crippen LogP contribution >= 0.6 is 11.8 Å². The highest BCUT2D eigenvalue weighted by atomic mass is 32.2. The van der Waals surface area contributed by atoms with E-state index in [1.54, 1.807) is 0 Å². The summed E-state index contributed by atoms with van der Waals surface area (Å²) in [5, 5.41) is 3.66. The lowest BCUT2D eigenvalue weighted by Gasteiger charge is -2.38. The van der Waals surface area contributed by atoms with Crippen LogP contribution < -0.4 is 5.32 Å². The van der Waals surface area contributed by atoms with Gasteiger partial charge in [0, 0.05) is 24.9 Å². The predicted molar refractivity (Wildman–Crippen MR) is 74.3 cm³/mol. The van der Waals surface area contributed by atoms with E-state index in [1.165, 1.54) is 38.5 Å². The molecule has 0 aromatic carbocycles. The van der Waals surface area contributed by atoms with Crippen LogP contribution in [0.5, 0.6) is 0 Å². The molecular weight excluding hydrogens is 230 g/mol. The molecule has 1 N–H and O–H groups in total. The monoisotopic (exact) mass is 253 g/mol. The first-order valence-electron chi connectivity index (χ1n) is 6.73. The van der Waals surface area contributed by atoms with Gasteiger partial charge in [0.05, 0.1) is 11.4 Å². The van der Waals surface area contributed by atoms with E-state index in [4.69, 9.17) is 11.2 Å². The summed E-state index contributed by atoms with van der Waals surface area (Å²) >= 11 is 1.84. The van der Waals surface area contributed by atoms with Crippen LogP contribution in [0.1, 0.15) is 38.5 Å². The van der Waals surface area contributed by atoms with Crippen molar-refractivity contribution in [3.63, 3.8) is 0 Å². The quantitative estimate of drug-likeness (QED) is 0.600. The van der Waals surface area contributed by atoms with Gasteiger partial charge in [-0.2, -0.15) is 0 Å². The average molecular weight is 253 g/mol. The Morgan fingerprint density at radius 3 is 3.00 bits per heavy atom. The molecule has 0 radical (unpaired) electrons. The maximum absolute atomic E-state index is 6.03. The molecule has 2 aliphatic rings. The molecule has 1 unspecified atom stereocenters. The molecule has 1 atom stereocenters. The second-order valence-corrected chi connectivity index (χ2v) is 6.24. The van der Waals surface area contributed by atoms with Crippen molar-refractivity contribution >= 4 is 11.8 Å². The van der Waals surface area contributed by atoms with E-state index in [-0.39, 0.29) is 5.60 Å². The topological polar surface area (TPSA) is 21.3 Å². The van der Waals surface area contributed by atoms with Crippen LogP contribution in [0.25, 0.3) is 0 Å². The Morgan fingerprint density at radius 1 is 1.41 bits per heavy atom. The Kier molecular flexibility index (Phi) is 5.21. The number of rotatable bonds is 5. The van der Waals surface area contributed by atoms with Crippen LogP contribution in [0.3, 0.4) is 0 Å². The fourth-order valence-corrected chi connectivity index (χ4v) is 3.56. The Labute approximate surface area is 109 Å². The summed E-state index contributed by atoms with van der Waals surface area (Å²) < 4.78 is 6.03. The largest absolute Gasteiger partial charge is 0.375 e. The third-order valence-corrected chi connectivity index (χ3v) is 4.74. The van der Waals surface area contributed by atoms with E-state index in [1.807, 2.05) is 11.8 Å². The maximum atomic E-state index is 6.03. The molecule has 17 heavy (non-hydrogen) atoms. The number of nitrogens with one attached hydrogen (secondary N) is 1. The standard InChI is InChI=1S/C14H23NOS/c1-2-10-17-11-8-15-13-5-9-16-14(12-13)6-3-4-7-14/h1,13,15H,3-12H2. The molecule has 0 bridgehead atoms. The van der Waals surface area contributed by atoms with Gasteiger partial charge in [-0.1, -0.05) is 18.8 Å². The zero-order chi connectivity index (χ0) is 12.0. The number of hydrogen-bond acceptors (Lipinski definition) is 3. The Hall–Kier alpha value is -0.170. The SMILES string of the molecule is C#CCSCCNC1CCOC2(CCCC2)C1. The van der Waals surface area contributed by atoms with Crippen LogP contribution in [0.4, 0.5) is 0 Å². The fourth-order valence-electron chi connectivity index (χ4n) is 3.04. The second kappa shape index (κ2) is 6.68. The van der Waals surface area contributed by atoms with Crippen molar-refractivity contribution in [1.82, 2.24) is 5.32 Å². The number of hydrogen-bond donors (Lipinski definition) is 1. The molecule has 1 heterocycles. The van der Waals surface area contributed by atoms with E-state index >= 15 is 0 Å². The van der Waals surface area contributed by atoms with Crippen molar-refractivity contribution < 1.29 is 4.74 Å². The van der Waals surface area contributed by atoms with Crippen molar-refractivity contribution in [2.75, 3.05) is 24.7 Å². The Morgan fingerprint density at radius 2 is 2.24 bits per heavy atom. The lowest BCUT2D eigenvalue weighted by molar-refractivity contribution is -0.0833. The summed E-state index contributed by atoms with van der Waals surface area (Å²) in [7, 11) is 0. The molecular formula is C14H23NOS. The number of terminal acetylenes is 1. The van der Waals surface area contributed by atoms with Gasteiger partial charge >= 0.3 is 0 Å². The minimum atomic E-state index is 0.238. The summed E-state index contributed by atoms with van der Waals surface area (Å²) in [6.45, 7) is 2.02. The highest BCUT2D eigenvalue weighted by molar-refractivity contribution is 7.99. The normalized spacial score (nSPS) is 27.1. The summed E-state index contributed by atoms with van der Waals surface area (Å²) in [6.07, 6.45) is 12.9. The number of thioether (sulfide) groups is 1. The van der Waals surface area contributed by atoms with E-state index in [9.17, 15) is 0 Å². The minimum Gasteiger partial charge on any atom is -0.375 e. The lowest BCUT2D eigenvalue weighted by atomic mass is 9.89. The second-order valence-electron chi connectivity index (χ2n) is 5.14. The van der Waals surface area contributed by atoms with Gasteiger partial charge in [0.15, 0.2) is 0 Å². The van der Waals surface area contributed by atoms with Crippen LogP contribution in [0.2, 0.25) is 0 Å². The summed E-state index contributed by atoms with van der Waals surface area (Å²) in [6, 6.07) is 0.660. The Bertz CT molecular complexity index is 268. The van der Waals surface area contributed by atoms with E-state index < -0.39 is 0 Å². The average Bonchev–Trinajstić information content (AvgIpc) is 2.77. The molecule has 0 amide bonds. The Balaban J connectivity index is 1.65. The number of ether oxygens (including phenoxy) is 1. The molecule has 2 rings (SSSR count). The van der Waals surface area contributed by atoms with Gasteiger partial charge in [0.2, 0.25) is 0 Å². The molecule has 1 saturated carbocycles. The third kappa shape index (κ3) is 3.91. The molecule has 2 nitrogen and oxygen atoms in total. The first-order valence-corrected chi connectivity index (χ1v) is 7.89. The van der Waals surface area contributed by atoms with Crippen LogP contribution in [0, 0.1) is 12.3 Å². The molecule has 1 saturated heterocycles.